The summed E-state index contributed by atoms with van der Waals surface area (Å²) in [5.41, 5.74) is 3.52. The van der Waals surface area contributed by atoms with Gasteiger partial charge in [-0.3, -0.25) is 5.10 Å². The number of halogens is 3. The maximum Gasteiger partial charge on any atom is 0.322 e. The molecule has 0 saturated heterocycles. The zero-order valence-corrected chi connectivity index (χ0v) is 19.2. The quantitative estimate of drug-likeness (QED) is 0.352. The van der Waals surface area contributed by atoms with Crippen LogP contribution in [0.25, 0.3) is 11.3 Å². The summed E-state index contributed by atoms with van der Waals surface area (Å²) >= 11 is 0. The van der Waals surface area contributed by atoms with Crippen LogP contribution in [-0.2, 0) is 13.1 Å². The van der Waals surface area contributed by atoms with E-state index in [-0.39, 0.29) is 13.1 Å². The molecule has 3 aromatic carbocycles. The first-order valence-corrected chi connectivity index (χ1v) is 10.9. The Hall–Kier alpha value is -4.27. The Morgan fingerprint density at radius 3 is 2.23 bits per heavy atom. The Morgan fingerprint density at radius 1 is 0.914 bits per heavy atom. The molecule has 4 aromatic rings. The van der Waals surface area contributed by atoms with Gasteiger partial charge in [-0.05, 0) is 35.4 Å². The first kappa shape index (κ1) is 23.9. The molecule has 1 heterocycles. The van der Waals surface area contributed by atoms with Gasteiger partial charge >= 0.3 is 6.03 Å². The van der Waals surface area contributed by atoms with E-state index >= 15 is 0 Å². The van der Waals surface area contributed by atoms with Gasteiger partial charge in [0, 0.05) is 56.8 Å². The van der Waals surface area contributed by atoms with E-state index in [4.69, 9.17) is 0 Å². The molecule has 0 fully saturated rings. The minimum Gasteiger partial charge on any atom is -0.378 e. The van der Waals surface area contributed by atoms with Gasteiger partial charge in [0.25, 0.3) is 0 Å². The molecule has 6 nitrogen and oxygen atoms in total. The molecule has 0 unspecified atom stereocenters. The molecule has 0 bridgehead atoms. The van der Waals surface area contributed by atoms with E-state index in [1.165, 1.54) is 4.90 Å². The smallest absolute Gasteiger partial charge is 0.322 e. The molecule has 35 heavy (non-hydrogen) atoms. The number of nitrogens with zero attached hydrogens (tertiary/aromatic N) is 3. The molecule has 180 valence electrons. The minimum absolute atomic E-state index is 0.157. The number of nitrogens with one attached hydrogen (secondary N) is 2. The SMILES string of the molecule is CN(C)c1ccc(CN(Cc2cccc(-c3cc[nH]n3)c2)C(=O)Nc2c(F)cc(F)cc2F)cc1. The number of carbonyl (C=O) groups excluding carboxylic acids is 1. The fourth-order valence-electron chi connectivity index (χ4n) is 3.64. The van der Waals surface area contributed by atoms with Gasteiger partial charge in [-0.1, -0.05) is 30.3 Å². The van der Waals surface area contributed by atoms with Gasteiger partial charge in [0.15, 0.2) is 11.6 Å². The number of rotatable bonds is 7. The van der Waals surface area contributed by atoms with Gasteiger partial charge < -0.3 is 15.1 Å². The van der Waals surface area contributed by atoms with Gasteiger partial charge in [-0.15, -0.1) is 0 Å². The van der Waals surface area contributed by atoms with Crippen molar-refractivity contribution in [2.75, 3.05) is 24.3 Å². The zero-order chi connectivity index (χ0) is 24.9. The third-order valence-corrected chi connectivity index (χ3v) is 5.45. The van der Waals surface area contributed by atoms with Crippen LogP contribution in [-0.4, -0.2) is 35.2 Å². The fraction of sp³-hybridized carbons (Fsp3) is 0.154. The number of aromatic amines is 1. The van der Waals surface area contributed by atoms with Crippen LogP contribution in [0.5, 0.6) is 0 Å². The standard InChI is InChI=1S/C26H24F3N5O/c1-33(2)21-8-6-17(7-9-21)15-34(26(35)31-25-22(28)13-20(27)14-23(25)29)16-18-4-3-5-19(12-18)24-10-11-30-32-24/h3-14H,15-16H2,1-2H3,(H,30,32)(H,31,35). The monoisotopic (exact) mass is 479 g/mol. The normalized spacial score (nSPS) is 10.8. The lowest BCUT2D eigenvalue weighted by molar-refractivity contribution is 0.206. The minimum atomic E-state index is -1.19. The van der Waals surface area contributed by atoms with Crippen LogP contribution in [0.15, 0.2) is 72.9 Å². The molecule has 0 radical (unpaired) electrons. The number of amides is 2. The van der Waals surface area contributed by atoms with E-state index < -0.39 is 29.2 Å². The highest BCUT2D eigenvalue weighted by Crippen LogP contribution is 2.23. The summed E-state index contributed by atoms with van der Waals surface area (Å²) in [6.07, 6.45) is 1.71. The van der Waals surface area contributed by atoms with E-state index in [0.29, 0.717) is 12.1 Å². The summed E-state index contributed by atoms with van der Waals surface area (Å²) in [5, 5.41) is 9.21. The van der Waals surface area contributed by atoms with Crippen LogP contribution in [0.3, 0.4) is 0 Å². The summed E-state index contributed by atoms with van der Waals surface area (Å²) in [7, 11) is 3.85. The number of hydrogen-bond acceptors (Lipinski definition) is 3. The summed E-state index contributed by atoms with van der Waals surface area (Å²) in [5.74, 6) is -3.44. The molecule has 9 heteroatoms. The average molecular weight is 480 g/mol. The number of benzene rings is 3. The molecule has 0 saturated carbocycles. The second-order valence-electron chi connectivity index (χ2n) is 8.25. The molecule has 4 rings (SSSR count). The van der Waals surface area contributed by atoms with Crippen LogP contribution in [0, 0.1) is 17.5 Å². The van der Waals surface area contributed by atoms with Gasteiger partial charge in [0.05, 0.1) is 5.69 Å². The van der Waals surface area contributed by atoms with Crippen LogP contribution in [0.1, 0.15) is 11.1 Å². The Labute approximate surface area is 201 Å². The lowest BCUT2D eigenvalue weighted by Gasteiger charge is -2.24. The number of carbonyl (C=O) groups is 1. The molecule has 1 aromatic heterocycles. The first-order chi connectivity index (χ1) is 16.8. The molecular formula is C26H24F3N5O. The van der Waals surface area contributed by atoms with E-state index in [1.807, 2.05) is 73.6 Å². The Balaban J connectivity index is 1.61. The highest BCUT2D eigenvalue weighted by molar-refractivity contribution is 5.89. The highest BCUT2D eigenvalue weighted by Gasteiger charge is 2.20. The molecule has 0 aliphatic rings. The molecular weight excluding hydrogens is 455 g/mol. The van der Waals surface area contributed by atoms with Gasteiger partial charge in [0.2, 0.25) is 0 Å². The van der Waals surface area contributed by atoms with E-state index in [0.717, 1.165) is 28.1 Å². The lowest BCUT2D eigenvalue weighted by Crippen LogP contribution is -2.34. The van der Waals surface area contributed by atoms with Crippen molar-refractivity contribution in [1.29, 1.82) is 0 Å². The summed E-state index contributed by atoms with van der Waals surface area (Å²) in [6.45, 7) is 0.334. The second kappa shape index (κ2) is 10.3. The van der Waals surface area contributed by atoms with Crippen molar-refractivity contribution in [3.05, 3.63) is 102 Å². The van der Waals surface area contributed by atoms with Crippen LogP contribution >= 0.6 is 0 Å². The van der Waals surface area contributed by atoms with Crippen molar-refractivity contribution in [2.45, 2.75) is 13.1 Å². The van der Waals surface area contributed by atoms with E-state index in [9.17, 15) is 18.0 Å². The van der Waals surface area contributed by atoms with Gasteiger partial charge in [0.1, 0.15) is 11.5 Å². The average Bonchev–Trinajstić information content (AvgIpc) is 3.36. The molecule has 0 aliphatic heterocycles. The molecule has 0 spiro atoms. The summed E-state index contributed by atoms with van der Waals surface area (Å²) in [6, 6.07) is 17.2. The summed E-state index contributed by atoms with van der Waals surface area (Å²) in [4.78, 5) is 16.5. The highest BCUT2D eigenvalue weighted by atomic mass is 19.1. The van der Waals surface area contributed by atoms with E-state index in [2.05, 4.69) is 15.5 Å². The zero-order valence-electron chi connectivity index (χ0n) is 19.2. The largest absolute Gasteiger partial charge is 0.378 e. The summed E-state index contributed by atoms with van der Waals surface area (Å²) < 4.78 is 41.7. The van der Waals surface area contributed by atoms with Crippen molar-refractivity contribution in [1.82, 2.24) is 15.1 Å². The van der Waals surface area contributed by atoms with Gasteiger partial charge in [-0.2, -0.15) is 5.10 Å². The van der Waals surface area contributed by atoms with Crippen molar-refractivity contribution < 1.29 is 18.0 Å². The van der Waals surface area contributed by atoms with Crippen molar-refractivity contribution >= 4 is 17.4 Å². The van der Waals surface area contributed by atoms with Crippen LogP contribution in [0.2, 0.25) is 0 Å². The fourth-order valence-corrected chi connectivity index (χ4v) is 3.64. The van der Waals surface area contributed by atoms with Crippen LogP contribution in [0.4, 0.5) is 29.3 Å². The number of aromatic nitrogens is 2. The molecule has 0 aliphatic carbocycles. The topological polar surface area (TPSA) is 64.3 Å². The van der Waals surface area contributed by atoms with E-state index in [1.54, 1.807) is 6.20 Å². The van der Waals surface area contributed by atoms with Crippen molar-refractivity contribution in [3.8, 4) is 11.3 Å². The molecule has 2 amide bonds. The molecule has 0 atom stereocenters. The maximum atomic E-state index is 14.2. The van der Waals surface area contributed by atoms with Crippen molar-refractivity contribution in [3.63, 3.8) is 0 Å². The lowest BCUT2D eigenvalue weighted by atomic mass is 10.1. The second-order valence-corrected chi connectivity index (χ2v) is 8.25. The van der Waals surface area contributed by atoms with Gasteiger partial charge in [-0.25, -0.2) is 18.0 Å². The number of anilines is 2. The Bertz CT molecular complexity index is 1280. The maximum absolute atomic E-state index is 14.2. The third-order valence-electron chi connectivity index (χ3n) is 5.45. The number of H-pyrrole nitrogens is 1. The molecule has 2 N–H and O–H groups in total. The first-order valence-electron chi connectivity index (χ1n) is 10.9. The third kappa shape index (κ3) is 5.81. The Kier molecular flexibility index (Phi) is 7.05. The number of urea groups is 1. The Morgan fingerprint density at radius 2 is 1.60 bits per heavy atom. The number of hydrogen-bond donors (Lipinski definition) is 2. The predicted octanol–water partition coefficient (Wildman–Crippen LogP) is 5.79. The van der Waals surface area contributed by atoms with Crippen LogP contribution < -0.4 is 10.2 Å². The van der Waals surface area contributed by atoms with Crippen molar-refractivity contribution in [2.24, 2.45) is 0 Å². The predicted molar refractivity (Wildman–Crippen MR) is 129 cm³/mol.